The van der Waals surface area contributed by atoms with Crippen molar-refractivity contribution in [3.05, 3.63) is 156 Å². The first-order valence-electron chi connectivity index (χ1n) is 37.9. The Morgan fingerprint density at radius 1 is 0.569 bits per heavy atom. The normalized spacial score (nSPS) is 18.7. The molecule has 0 radical (unpaired) electrons. The second kappa shape index (κ2) is 46.8. The number of hydrogen-bond donors (Lipinski definition) is 21. The molecule has 0 spiro atoms. The minimum absolute atomic E-state index is 0.00400. The van der Waals surface area contributed by atoms with Gasteiger partial charge >= 0.3 is 0 Å². The molecule has 37 nitrogen and oxygen atoms in total. The number of carbonyl (C=O) groups excluding carboxylic acids is 13. The maximum Gasteiger partial charge on any atom is 0.244 e. The Kier molecular flexibility index (Phi) is 36.7. The summed E-state index contributed by atoms with van der Waals surface area (Å²) < 4.78 is 0. The molecule has 7 rings (SSSR count). The highest BCUT2D eigenvalue weighted by Crippen LogP contribution is 2.25. The monoisotopic (exact) mass is 1640 g/mol. The number of fused-ring (bicyclic) bond motifs is 1. The molecule has 1 aliphatic heterocycles. The lowest BCUT2D eigenvalue weighted by Gasteiger charge is -2.28. The summed E-state index contributed by atoms with van der Waals surface area (Å²) in [6, 6.07) is 14.1. The number of imidazole rings is 1. The molecule has 0 unspecified atom stereocenters. The Morgan fingerprint density at radius 2 is 1.15 bits per heavy atom. The number of aromatic amines is 2. The molecule has 4 aromatic carbocycles. The molecule has 39 heteroatoms. The quantitative estimate of drug-likeness (QED) is 0.00836. The summed E-state index contributed by atoms with van der Waals surface area (Å²) in [5, 5.41) is 42.7. The third kappa shape index (κ3) is 30.6. The maximum absolute atomic E-state index is 15.6. The number of H-pyrrole nitrogens is 2. The van der Waals surface area contributed by atoms with E-state index in [2.05, 4.69) is 88.7 Å². The first-order valence-corrected chi connectivity index (χ1v) is 40.4. The van der Waals surface area contributed by atoms with Crippen LogP contribution in [0.1, 0.15) is 93.7 Å². The number of hydrogen-bond acceptors (Lipinski definition) is 20. The van der Waals surface area contributed by atoms with Crippen LogP contribution in [-0.2, 0) is 94.4 Å². The molecule has 13 amide bonds. The van der Waals surface area contributed by atoms with Gasteiger partial charge in [0.1, 0.15) is 66.2 Å². The zero-order chi connectivity index (χ0) is 84.2. The van der Waals surface area contributed by atoms with Crippen LogP contribution in [-0.4, -0.2) is 213 Å². The molecule has 624 valence electrons. The minimum Gasteiger partial charge on any atom is -0.508 e. The van der Waals surface area contributed by atoms with Crippen LogP contribution in [0.25, 0.3) is 10.9 Å². The molecule has 0 aliphatic carbocycles. The van der Waals surface area contributed by atoms with Crippen LogP contribution in [0, 0.1) is 5.92 Å². The number of carbonyl (C=O) groups is 13. The number of nitrogens with zero attached hydrogens (tertiary/aromatic N) is 3. The highest BCUT2D eigenvalue weighted by Gasteiger charge is 2.38. The fourth-order valence-corrected chi connectivity index (χ4v) is 14.6. The number of para-hydroxylation sites is 1. The van der Waals surface area contributed by atoms with Gasteiger partial charge in [-0.2, -0.15) is 0 Å². The Balaban J connectivity index is 1.31. The van der Waals surface area contributed by atoms with Gasteiger partial charge in [-0.25, -0.2) is 4.98 Å². The van der Waals surface area contributed by atoms with E-state index in [1.165, 1.54) is 24.7 Å². The van der Waals surface area contributed by atoms with Crippen molar-refractivity contribution in [1.29, 1.82) is 0 Å². The lowest BCUT2D eigenvalue weighted by atomic mass is 10.00. The first kappa shape index (κ1) is 90.9. The van der Waals surface area contributed by atoms with Crippen molar-refractivity contribution in [2.75, 3.05) is 37.7 Å². The van der Waals surface area contributed by atoms with Crippen LogP contribution in [0.2, 0.25) is 0 Å². The van der Waals surface area contributed by atoms with E-state index >= 15 is 19.2 Å². The summed E-state index contributed by atoms with van der Waals surface area (Å²) >= 11 is 0. The number of primary amides is 1. The topological polar surface area (TPSA) is 612 Å². The molecule has 1 aliphatic rings. The van der Waals surface area contributed by atoms with Crippen LogP contribution in [0.15, 0.2) is 138 Å². The second-order valence-corrected chi connectivity index (χ2v) is 30.6. The van der Waals surface area contributed by atoms with Gasteiger partial charge in [-0.3, -0.25) is 72.3 Å². The van der Waals surface area contributed by atoms with Gasteiger partial charge in [0.25, 0.3) is 0 Å². The van der Waals surface area contributed by atoms with Crippen LogP contribution in [0.4, 0.5) is 0 Å². The van der Waals surface area contributed by atoms with Crippen molar-refractivity contribution in [1.82, 2.24) is 78.8 Å². The van der Waals surface area contributed by atoms with E-state index < -0.39 is 174 Å². The predicted molar refractivity (Wildman–Crippen MR) is 438 cm³/mol. The summed E-state index contributed by atoms with van der Waals surface area (Å²) in [5.74, 6) is -13.6. The number of rotatable bonds is 35. The van der Waals surface area contributed by atoms with Gasteiger partial charge in [-0.1, -0.05) is 146 Å². The van der Waals surface area contributed by atoms with E-state index in [9.17, 15) is 48.3 Å². The highest BCUT2D eigenvalue weighted by atomic mass is 33.1. The average molecular weight is 1640 g/mol. The number of benzene rings is 4. The average Bonchev–Trinajstić information content (AvgIpc) is 1.65. The number of phenols is 1. The third-order valence-electron chi connectivity index (χ3n) is 18.5. The summed E-state index contributed by atoms with van der Waals surface area (Å²) in [6.07, 6.45) is 4.25. The Morgan fingerprint density at radius 3 is 1.79 bits per heavy atom. The smallest absolute Gasteiger partial charge is 0.244 e. The van der Waals surface area contributed by atoms with Crippen LogP contribution >= 0.6 is 21.6 Å². The summed E-state index contributed by atoms with van der Waals surface area (Å²) in [6.45, 7) is 3.65. The molecular formula is C77H105N23O14S2. The van der Waals surface area contributed by atoms with Gasteiger partial charge in [0.15, 0.2) is 11.9 Å². The SMILES string of the molecule is CCCC[C@H](NC(=O)[C@@H](NC(=O)[C@@H](N)Cc1ccc(O)cc1)C(C)C)C(=O)N[C@H]1CSSC[C@@H](C(=O)N[C@@H](CCCN=C(N)N)C(=O)N[C@@H](Cc2ccccc2)C(=O)NCC(N)=O)NC(=O)[C@H](Cc2c[nH]c3ccccc23)NC(=O)[C@H](CCCN=C(N)N)NC(=O)[C@@H](Cc2ccccc2)NC(=O)[C@H](Cc2c[nH]cn2)NC(=O)CNC1=O. The maximum atomic E-state index is 15.6. The highest BCUT2D eigenvalue weighted by molar-refractivity contribution is 8.76. The molecule has 1 fully saturated rings. The van der Waals surface area contributed by atoms with E-state index in [0.717, 1.165) is 21.6 Å². The lowest BCUT2D eigenvalue weighted by molar-refractivity contribution is -0.135. The summed E-state index contributed by atoms with van der Waals surface area (Å²) in [5.41, 5.74) is 37.7. The molecule has 2 aromatic heterocycles. The predicted octanol–water partition coefficient (Wildman–Crippen LogP) is -2.65. The fraction of sp³-hybridized carbons (Fsp3) is 0.429. The number of aromatic nitrogens is 3. The number of nitrogens with one attached hydrogen (secondary N) is 14. The summed E-state index contributed by atoms with van der Waals surface area (Å²) in [7, 11) is 1.77. The van der Waals surface area contributed by atoms with Crippen LogP contribution in [0.3, 0.4) is 0 Å². The number of guanidine groups is 2. The molecule has 27 N–H and O–H groups in total. The van der Waals surface area contributed by atoms with Gasteiger partial charge in [0, 0.05) is 73.6 Å². The number of unbranched alkanes of at least 4 members (excludes halogenated alkanes) is 1. The molecular weight excluding hydrogens is 1540 g/mol. The van der Waals surface area contributed by atoms with Gasteiger partial charge in [0.2, 0.25) is 76.8 Å². The summed E-state index contributed by atoms with van der Waals surface area (Å²) in [4.78, 5) is 207. The number of aliphatic imine (C=N–C) groups is 2. The van der Waals surface area contributed by atoms with Crippen LogP contribution in [0.5, 0.6) is 5.75 Å². The molecule has 116 heavy (non-hydrogen) atoms. The molecule has 3 heterocycles. The number of aromatic hydroxyl groups is 1. The van der Waals surface area contributed by atoms with Gasteiger partial charge < -0.3 is 113 Å². The first-order chi connectivity index (χ1) is 55.5. The number of nitrogens with two attached hydrogens (primary N) is 6. The van der Waals surface area contributed by atoms with Gasteiger partial charge in [0.05, 0.1) is 31.2 Å². The Bertz CT molecular complexity index is 4360. The van der Waals surface area contributed by atoms with E-state index in [4.69, 9.17) is 34.4 Å². The molecule has 11 atom stereocenters. The molecule has 0 saturated carbocycles. The zero-order valence-electron chi connectivity index (χ0n) is 64.7. The number of phenolic OH excluding ortho intramolecular Hbond substituents is 1. The van der Waals surface area contributed by atoms with Crippen molar-refractivity contribution < 1.29 is 67.4 Å². The van der Waals surface area contributed by atoms with Crippen molar-refractivity contribution in [2.24, 2.45) is 50.3 Å². The fourth-order valence-electron chi connectivity index (χ4n) is 12.3. The third-order valence-corrected chi connectivity index (χ3v) is 20.9. The van der Waals surface area contributed by atoms with Crippen molar-refractivity contribution in [2.45, 2.75) is 164 Å². The molecule has 1 saturated heterocycles. The van der Waals surface area contributed by atoms with Crippen molar-refractivity contribution in [3.63, 3.8) is 0 Å². The van der Waals surface area contributed by atoms with Gasteiger partial charge in [-0.15, -0.1) is 0 Å². The van der Waals surface area contributed by atoms with E-state index in [0.29, 0.717) is 46.0 Å². The largest absolute Gasteiger partial charge is 0.508 e. The van der Waals surface area contributed by atoms with Crippen molar-refractivity contribution in [3.8, 4) is 5.75 Å². The van der Waals surface area contributed by atoms with Crippen molar-refractivity contribution >= 4 is 121 Å². The van der Waals surface area contributed by atoms with Crippen LogP contribution < -0.4 is 98.2 Å². The number of amides is 13. The zero-order valence-corrected chi connectivity index (χ0v) is 66.3. The van der Waals surface area contributed by atoms with Gasteiger partial charge in [-0.05, 0) is 84.9 Å². The van der Waals surface area contributed by atoms with E-state index in [1.54, 1.807) is 117 Å². The Labute approximate surface area is 677 Å². The second-order valence-electron chi connectivity index (χ2n) is 28.0. The Hall–Kier alpha value is -12.3. The lowest BCUT2D eigenvalue weighted by Crippen LogP contribution is -2.61. The standard InChI is InChI=1S/C77H105N23O14S2/c1-4-5-21-53(94-75(114)64(43(2)3)100-65(104)51(78)31-46-25-27-49(101)28-26-46)70(109)98-60-40-115-116-41-61(74(113)93-55(24-15-30-86-77(82)83)68(107)95-56(66(105)88-38-62(79)102)32-44-16-8-6-9-17-44)99-72(111)58(34-47-36-87-52-22-13-12-20-50(47)52)97-69(108)54(23-14-29-85-76(80)81)92-71(110)57(33-45-18-10-7-11-19-45)96-73(112)59(35-48-37-84-42-90-48)91-63(103)39-89-67(60)106/h6-13,16-20,22,25-28,36-37,42-43,51,53-61,64,87,101H,4-5,14-15,21,23-24,29-35,38-41,78H2,1-3H3,(H2,79,102)(H,84,90)(H,88,105)(H,89,106)(H,91,103)(H,92,110)(H,93,113)(H,94,114)(H,95,107)(H,96,112)(H,97,108)(H,98,109)(H,99,111)(H,100,104)(H4,80,81,85)(H4,82,83,86)/t51-,53-,54-,55-,56-,57+,58-,59-,60-,61-,64-/m0/s1. The molecule has 0 bridgehead atoms. The van der Waals surface area contributed by atoms with E-state index in [-0.39, 0.29) is 101 Å². The van der Waals surface area contributed by atoms with E-state index in [1.807, 2.05) is 6.92 Å². The minimum atomic E-state index is -1.71. The molecule has 6 aromatic rings.